The second kappa shape index (κ2) is 5.69. The van der Waals surface area contributed by atoms with E-state index in [0.717, 1.165) is 18.7 Å². The van der Waals surface area contributed by atoms with Gasteiger partial charge in [0.15, 0.2) is 0 Å². The van der Waals surface area contributed by atoms with Crippen molar-refractivity contribution in [3.05, 3.63) is 29.8 Å². The maximum Gasteiger partial charge on any atom is 0.118 e. The molecule has 2 nitrogen and oxygen atoms in total. The summed E-state index contributed by atoms with van der Waals surface area (Å²) in [6.45, 7) is 1.02. The van der Waals surface area contributed by atoms with Crippen LogP contribution in [0.15, 0.2) is 29.3 Å². The largest absolute Gasteiger partial charge is 0.497 e. The van der Waals surface area contributed by atoms with Crippen LogP contribution in [-0.4, -0.2) is 19.4 Å². The molecule has 0 fully saturated rings. The van der Waals surface area contributed by atoms with E-state index < -0.39 is 0 Å². The van der Waals surface area contributed by atoms with Crippen molar-refractivity contribution in [1.29, 1.82) is 0 Å². The molecular formula is C14H19NO. The molecule has 0 atom stereocenters. The smallest absolute Gasteiger partial charge is 0.118 e. The molecule has 0 saturated heterocycles. The highest BCUT2D eigenvalue weighted by Crippen LogP contribution is 2.15. The maximum atomic E-state index is 5.15. The minimum atomic E-state index is 0.923. The van der Waals surface area contributed by atoms with E-state index in [4.69, 9.17) is 4.74 Å². The average molecular weight is 217 g/mol. The summed E-state index contributed by atoms with van der Waals surface area (Å²) in [7, 11) is 1.70. The molecule has 1 heterocycles. The summed E-state index contributed by atoms with van der Waals surface area (Å²) in [5.74, 6) is 0.923. The van der Waals surface area contributed by atoms with Gasteiger partial charge in [-0.2, -0.15) is 0 Å². The SMILES string of the molecule is COc1ccc(CC2=NCCCCC2)cc1. The summed E-state index contributed by atoms with van der Waals surface area (Å²) in [5.41, 5.74) is 2.70. The van der Waals surface area contributed by atoms with Crippen molar-refractivity contribution in [2.75, 3.05) is 13.7 Å². The topological polar surface area (TPSA) is 21.6 Å². The molecule has 0 aromatic heterocycles. The molecule has 16 heavy (non-hydrogen) atoms. The van der Waals surface area contributed by atoms with Gasteiger partial charge < -0.3 is 4.74 Å². The molecule has 2 rings (SSSR count). The van der Waals surface area contributed by atoms with E-state index >= 15 is 0 Å². The molecule has 0 aliphatic carbocycles. The quantitative estimate of drug-likeness (QED) is 0.761. The van der Waals surface area contributed by atoms with Crippen LogP contribution in [0, 0.1) is 0 Å². The van der Waals surface area contributed by atoms with Crippen molar-refractivity contribution < 1.29 is 4.74 Å². The molecule has 2 heteroatoms. The second-order valence-corrected chi connectivity index (χ2v) is 4.28. The lowest BCUT2D eigenvalue weighted by atomic mass is 10.0. The van der Waals surface area contributed by atoms with Gasteiger partial charge in [0.25, 0.3) is 0 Å². The summed E-state index contributed by atoms with van der Waals surface area (Å²) < 4.78 is 5.15. The molecule has 0 unspecified atom stereocenters. The van der Waals surface area contributed by atoms with Crippen LogP contribution < -0.4 is 4.74 Å². The van der Waals surface area contributed by atoms with Gasteiger partial charge in [0.1, 0.15) is 5.75 Å². The van der Waals surface area contributed by atoms with E-state index in [1.165, 1.54) is 37.0 Å². The van der Waals surface area contributed by atoms with Crippen molar-refractivity contribution in [3.63, 3.8) is 0 Å². The summed E-state index contributed by atoms with van der Waals surface area (Å²) in [6.07, 6.45) is 6.06. The Kier molecular flexibility index (Phi) is 3.97. The molecule has 0 radical (unpaired) electrons. The molecule has 1 aliphatic heterocycles. The number of hydrogen-bond donors (Lipinski definition) is 0. The van der Waals surface area contributed by atoms with E-state index in [1.54, 1.807) is 7.11 Å². The highest BCUT2D eigenvalue weighted by molar-refractivity contribution is 5.86. The second-order valence-electron chi connectivity index (χ2n) is 4.28. The standard InChI is InChI=1S/C14H19NO/c1-16-14-8-6-12(7-9-14)11-13-5-3-2-4-10-15-13/h6-9H,2-5,10-11H2,1H3. The van der Waals surface area contributed by atoms with Gasteiger partial charge in [-0.3, -0.25) is 4.99 Å². The minimum Gasteiger partial charge on any atom is -0.497 e. The first-order valence-electron chi connectivity index (χ1n) is 6.03. The molecular weight excluding hydrogens is 198 g/mol. The fourth-order valence-electron chi connectivity index (χ4n) is 2.06. The zero-order valence-corrected chi connectivity index (χ0v) is 9.91. The number of methoxy groups -OCH3 is 1. The van der Waals surface area contributed by atoms with Gasteiger partial charge in [-0.25, -0.2) is 0 Å². The third-order valence-corrected chi connectivity index (χ3v) is 3.03. The van der Waals surface area contributed by atoms with Gasteiger partial charge in [0.05, 0.1) is 7.11 Å². The molecule has 0 saturated carbocycles. The first-order valence-corrected chi connectivity index (χ1v) is 6.03. The van der Waals surface area contributed by atoms with Crippen molar-refractivity contribution >= 4 is 5.71 Å². The third kappa shape index (κ3) is 3.09. The van der Waals surface area contributed by atoms with Crippen LogP contribution >= 0.6 is 0 Å². The predicted octanol–water partition coefficient (Wildman–Crippen LogP) is 3.25. The Balaban J connectivity index is 1.99. The molecule has 0 amide bonds. The molecule has 0 bridgehead atoms. The number of benzene rings is 1. The average Bonchev–Trinajstić information content (AvgIpc) is 2.59. The summed E-state index contributed by atoms with van der Waals surface area (Å²) in [4.78, 5) is 4.65. The van der Waals surface area contributed by atoms with Crippen LogP contribution in [0.2, 0.25) is 0 Å². The normalized spacial score (nSPS) is 16.4. The Labute approximate surface area is 97.4 Å². The number of rotatable bonds is 3. The first-order chi connectivity index (χ1) is 7.88. The lowest BCUT2D eigenvalue weighted by Gasteiger charge is -2.05. The molecule has 1 aromatic carbocycles. The minimum absolute atomic E-state index is 0.923. The van der Waals surface area contributed by atoms with Crippen LogP contribution in [0.5, 0.6) is 5.75 Å². The van der Waals surface area contributed by atoms with Crippen LogP contribution in [0.25, 0.3) is 0 Å². The Morgan fingerprint density at radius 2 is 1.94 bits per heavy atom. The van der Waals surface area contributed by atoms with Gasteiger partial charge in [-0.05, 0) is 37.0 Å². The van der Waals surface area contributed by atoms with E-state index in [9.17, 15) is 0 Å². The maximum absolute atomic E-state index is 5.15. The first kappa shape index (κ1) is 11.2. The van der Waals surface area contributed by atoms with Crippen LogP contribution in [0.1, 0.15) is 31.2 Å². The van der Waals surface area contributed by atoms with Gasteiger partial charge in [0, 0.05) is 18.7 Å². The van der Waals surface area contributed by atoms with E-state index in [0.29, 0.717) is 0 Å². The lowest BCUT2D eigenvalue weighted by molar-refractivity contribution is 0.414. The van der Waals surface area contributed by atoms with Gasteiger partial charge in [0.2, 0.25) is 0 Å². The molecule has 1 aromatic rings. The predicted molar refractivity (Wildman–Crippen MR) is 67.5 cm³/mol. The van der Waals surface area contributed by atoms with Crippen LogP contribution in [-0.2, 0) is 6.42 Å². The fourth-order valence-corrected chi connectivity index (χ4v) is 2.06. The van der Waals surface area contributed by atoms with Crippen molar-refractivity contribution in [3.8, 4) is 5.75 Å². The molecule has 86 valence electrons. The lowest BCUT2D eigenvalue weighted by Crippen LogP contribution is -2.02. The summed E-state index contributed by atoms with van der Waals surface area (Å²) in [5, 5.41) is 0. The highest BCUT2D eigenvalue weighted by atomic mass is 16.5. The van der Waals surface area contributed by atoms with E-state index in [1.807, 2.05) is 12.1 Å². The Morgan fingerprint density at radius 3 is 2.69 bits per heavy atom. The van der Waals surface area contributed by atoms with Crippen LogP contribution in [0.3, 0.4) is 0 Å². The Hall–Kier alpha value is -1.31. The Bertz CT molecular complexity index is 354. The van der Waals surface area contributed by atoms with Crippen molar-refractivity contribution in [2.24, 2.45) is 4.99 Å². The highest BCUT2D eigenvalue weighted by Gasteiger charge is 2.05. The third-order valence-electron chi connectivity index (χ3n) is 3.03. The number of ether oxygens (including phenoxy) is 1. The monoisotopic (exact) mass is 217 g/mol. The number of hydrogen-bond acceptors (Lipinski definition) is 2. The van der Waals surface area contributed by atoms with E-state index in [2.05, 4.69) is 17.1 Å². The molecule has 0 spiro atoms. The zero-order chi connectivity index (χ0) is 11.2. The number of aliphatic imine (C=N–C) groups is 1. The van der Waals surface area contributed by atoms with Crippen LogP contribution in [0.4, 0.5) is 0 Å². The van der Waals surface area contributed by atoms with Gasteiger partial charge in [-0.15, -0.1) is 0 Å². The fraction of sp³-hybridized carbons (Fsp3) is 0.500. The van der Waals surface area contributed by atoms with Crippen molar-refractivity contribution in [2.45, 2.75) is 32.1 Å². The zero-order valence-electron chi connectivity index (χ0n) is 9.91. The van der Waals surface area contributed by atoms with E-state index in [-0.39, 0.29) is 0 Å². The Morgan fingerprint density at radius 1 is 1.12 bits per heavy atom. The molecule has 0 N–H and O–H groups in total. The van der Waals surface area contributed by atoms with Gasteiger partial charge >= 0.3 is 0 Å². The van der Waals surface area contributed by atoms with Gasteiger partial charge in [-0.1, -0.05) is 18.6 Å². The summed E-state index contributed by atoms with van der Waals surface area (Å²) in [6, 6.07) is 8.30. The van der Waals surface area contributed by atoms with Crippen molar-refractivity contribution in [1.82, 2.24) is 0 Å². The molecule has 1 aliphatic rings. The number of nitrogens with zero attached hydrogens (tertiary/aromatic N) is 1. The summed E-state index contributed by atoms with van der Waals surface area (Å²) >= 11 is 0.